The molecule has 0 bridgehead atoms. The molecule has 1 saturated heterocycles. The molecule has 0 aromatic heterocycles. The van der Waals surface area contributed by atoms with Crippen LogP contribution in [0.4, 0.5) is 10.1 Å². The maximum Gasteiger partial charge on any atom is 0.138 e. The highest BCUT2D eigenvalue weighted by Crippen LogP contribution is 2.35. The lowest BCUT2D eigenvalue weighted by Crippen LogP contribution is -2.35. The standard InChI is InChI=1S/C18H17FN2O2/c19-15-3-1-2-14(9-15)18(6-7-23-12-18)11-21-16-8-13(10-20)4-5-17(16)22/h1-5,8-9,21-22H,6-7,11-12H2/t18-/m1/s1. The zero-order chi connectivity index (χ0) is 16.3. The predicted molar refractivity (Wildman–Crippen MR) is 84.8 cm³/mol. The van der Waals surface area contributed by atoms with Gasteiger partial charge >= 0.3 is 0 Å². The summed E-state index contributed by atoms with van der Waals surface area (Å²) < 4.78 is 19.1. The van der Waals surface area contributed by atoms with Crippen LogP contribution in [0.3, 0.4) is 0 Å². The average Bonchev–Trinajstić information content (AvgIpc) is 3.04. The zero-order valence-electron chi connectivity index (χ0n) is 12.6. The van der Waals surface area contributed by atoms with E-state index in [4.69, 9.17) is 10.00 Å². The van der Waals surface area contributed by atoms with Gasteiger partial charge in [0.2, 0.25) is 0 Å². The van der Waals surface area contributed by atoms with Crippen molar-refractivity contribution < 1.29 is 14.2 Å². The number of hydrogen-bond donors (Lipinski definition) is 2. The number of hydrogen-bond acceptors (Lipinski definition) is 4. The summed E-state index contributed by atoms with van der Waals surface area (Å²) in [4.78, 5) is 0. The molecular weight excluding hydrogens is 295 g/mol. The molecule has 2 N–H and O–H groups in total. The van der Waals surface area contributed by atoms with Crippen molar-refractivity contribution in [1.29, 1.82) is 5.26 Å². The molecule has 4 nitrogen and oxygen atoms in total. The van der Waals surface area contributed by atoms with Gasteiger partial charge in [-0.3, -0.25) is 0 Å². The van der Waals surface area contributed by atoms with Gasteiger partial charge in [0.1, 0.15) is 11.6 Å². The van der Waals surface area contributed by atoms with Gasteiger partial charge in [-0.05, 0) is 42.3 Å². The molecule has 0 saturated carbocycles. The molecule has 0 unspecified atom stereocenters. The van der Waals surface area contributed by atoms with Crippen LogP contribution in [-0.2, 0) is 10.2 Å². The molecule has 3 rings (SSSR count). The average molecular weight is 312 g/mol. The van der Waals surface area contributed by atoms with Gasteiger partial charge in [-0.2, -0.15) is 5.26 Å². The van der Waals surface area contributed by atoms with Gasteiger partial charge in [-0.1, -0.05) is 12.1 Å². The minimum absolute atomic E-state index is 0.0808. The van der Waals surface area contributed by atoms with E-state index in [9.17, 15) is 9.50 Å². The Bertz CT molecular complexity index is 749. The van der Waals surface area contributed by atoms with Gasteiger partial charge in [0.15, 0.2) is 0 Å². The van der Waals surface area contributed by atoms with E-state index < -0.39 is 0 Å². The Hall–Kier alpha value is -2.58. The maximum absolute atomic E-state index is 13.6. The number of nitriles is 1. The van der Waals surface area contributed by atoms with E-state index in [1.165, 1.54) is 18.2 Å². The van der Waals surface area contributed by atoms with Crippen molar-refractivity contribution in [2.45, 2.75) is 11.8 Å². The molecule has 118 valence electrons. The van der Waals surface area contributed by atoms with Crippen LogP contribution >= 0.6 is 0 Å². The number of rotatable bonds is 4. The number of anilines is 1. The first-order valence-electron chi connectivity index (χ1n) is 7.44. The fourth-order valence-corrected chi connectivity index (χ4v) is 2.91. The van der Waals surface area contributed by atoms with E-state index in [1.54, 1.807) is 18.2 Å². The van der Waals surface area contributed by atoms with Crippen molar-refractivity contribution >= 4 is 5.69 Å². The minimum Gasteiger partial charge on any atom is -0.506 e. The third-order valence-electron chi connectivity index (χ3n) is 4.28. The maximum atomic E-state index is 13.6. The molecule has 1 fully saturated rings. The highest BCUT2D eigenvalue weighted by molar-refractivity contribution is 5.59. The lowest BCUT2D eigenvalue weighted by molar-refractivity contribution is 0.179. The Kier molecular flexibility index (Phi) is 4.18. The molecule has 1 aliphatic rings. The SMILES string of the molecule is N#Cc1ccc(O)c(NC[C@]2(c3cccc(F)c3)CCOC2)c1. The molecule has 1 atom stereocenters. The Labute approximate surface area is 134 Å². The van der Waals surface area contributed by atoms with Crippen LogP contribution in [0, 0.1) is 17.1 Å². The van der Waals surface area contributed by atoms with Crippen LogP contribution < -0.4 is 5.32 Å². The van der Waals surface area contributed by atoms with E-state index in [1.807, 2.05) is 12.1 Å². The van der Waals surface area contributed by atoms with Crippen LogP contribution in [0.15, 0.2) is 42.5 Å². The second-order valence-corrected chi connectivity index (χ2v) is 5.79. The molecular formula is C18H17FN2O2. The minimum atomic E-state index is -0.350. The monoisotopic (exact) mass is 312 g/mol. The second kappa shape index (κ2) is 6.27. The number of halogens is 1. The van der Waals surface area contributed by atoms with Crippen molar-refractivity contribution in [3.8, 4) is 11.8 Å². The van der Waals surface area contributed by atoms with Gasteiger partial charge < -0.3 is 15.2 Å². The van der Waals surface area contributed by atoms with Crippen LogP contribution in [0.1, 0.15) is 17.5 Å². The molecule has 2 aromatic rings. The van der Waals surface area contributed by atoms with E-state index in [2.05, 4.69) is 5.32 Å². The molecule has 23 heavy (non-hydrogen) atoms. The van der Waals surface area contributed by atoms with Crippen molar-refractivity contribution in [3.63, 3.8) is 0 Å². The molecule has 0 amide bonds. The molecule has 0 aliphatic carbocycles. The van der Waals surface area contributed by atoms with Gasteiger partial charge in [-0.15, -0.1) is 0 Å². The zero-order valence-corrected chi connectivity index (χ0v) is 12.6. The fraction of sp³-hybridized carbons (Fsp3) is 0.278. The molecule has 5 heteroatoms. The van der Waals surface area contributed by atoms with Gasteiger partial charge in [0, 0.05) is 18.6 Å². The summed E-state index contributed by atoms with van der Waals surface area (Å²) in [6.07, 6.45) is 0.766. The number of aromatic hydroxyl groups is 1. The highest BCUT2D eigenvalue weighted by atomic mass is 19.1. The molecule has 1 heterocycles. The molecule has 0 radical (unpaired) electrons. The Morgan fingerprint density at radius 3 is 2.87 bits per heavy atom. The third-order valence-corrected chi connectivity index (χ3v) is 4.28. The number of nitrogens with one attached hydrogen (secondary N) is 1. The summed E-state index contributed by atoms with van der Waals surface area (Å²) in [6.45, 7) is 1.59. The van der Waals surface area contributed by atoms with E-state index in [0.717, 1.165) is 12.0 Å². The van der Waals surface area contributed by atoms with Gasteiger partial charge in [-0.25, -0.2) is 4.39 Å². The fourth-order valence-electron chi connectivity index (χ4n) is 2.91. The van der Waals surface area contributed by atoms with Crippen molar-refractivity contribution in [3.05, 3.63) is 59.4 Å². The van der Waals surface area contributed by atoms with Gasteiger partial charge in [0.05, 0.1) is 23.9 Å². The summed E-state index contributed by atoms with van der Waals surface area (Å²) in [7, 11) is 0. The van der Waals surface area contributed by atoms with Crippen LogP contribution in [0.2, 0.25) is 0 Å². The van der Waals surface area contributed by atoms with Crippen molar-refractivity contribution in [2.75, 3.05) is 25.1 Å². The van der Waals surface area contributed by atoms with Crippen LogP contribution in [0.5, 0.6) is 5.75 Å². The number of phenols is 1. The second-order valence-electron chi connectivity index (χ2n) is 5.79. The van der Waals surface area contributed by atoms with Crippen molar-refractivity contribution in [1.82, 2.24) is 0 Å². The van der Waals surface area contributed by atoms with Gasteiger partial charge in [0.25, 0.3) is 0 Å². The first-order valence-corrected chi connectivity index (χ1v) is 7.44. The molecule has 2 aromatic carbocycles. The summed E-state index contributed by atoms with van der Waals surface area (Å²) in [5, 5.41) is 22.1. The first kappa shape index (κ1) is 15.3. The number of benzene rings is 2. The smallest absolute Gasteiger partial charge is 0.138 e. The largest absolute Gasteiger partial charge is 0.506 e. The van der Waals surface area contributed by atoms with E-state index in [0.29, 0.717) is 31.0 Å². The quantitative estimate of drug-likeness (QED) is 0.851. The van der Waals surface area contributed by atoms with E-state index in [-0.39, 0.29) is 17.0 Å². The first-order chi connectivity index (χ1) is 11.1. The lowest BCUT2D eigenvalue weighted by atomic mass is 9.79. The topological polar surface area (TPSA) is 65.3 Å². The number of phenolic OH excluding ortho intramolecular Hbond substituents is 1. The van der Waals surface area contributed by atoms with Crippen molar-refractivity contribution in [2.24, 2.45) is 0 Å². The van der Waals surface area contributed by atoms with Crippen LogP contribution in [-0.4, -0.2) is 24.9 Å². The Morgan fingerprint density at radius 2 is 2.17 bits per heavy atom. The summed E-state index contributed by atoms with van der Waals surface area (Å²) in [5.41, 5.74) is 1.48. The summed E-state index contributed by atoms with van der Waals surface area (Å²) >= 11 is 0. The third kappa shape index (κ3) is 3.13. The van der Waals surface area contributed by atoms with E-state index >= 15 is 0 Å². The summed E-state index contributed by atoms with van der Waals surface area (Å²) in [6, 6.07) is 13.2. The number of ether oxygens (including phenoxy) is 1. The number of nitrogens with zero attached hydrogens (tertiary/aromatic N) is 1. The Balaban J connectivity index is 1.85. The highest BCUT2D eigenvalue weighted by Gasteiger charge is 2.37. The lowest BCUT2D eigenvalue weighted by Gasteiger charge is -2.29. The summed E-state index contributed by atoms with van der Waals surface area (Å²) in [5.74, 6) is -0.194. The molecule has 1 aliphatic heterocycles. The molecule has 0 spiro atoms. The predicted octanol–water partition coefficient (Wildman–Crippen LogP) is 3.17. The Morgan fingerprint density at radius 1 is 1.30 bits per heavy atom. The normalized spacial score (nSPS) is 20.2. The van der Waals surface area contributed by atoms with Crippen LogP contribution in [0.25, 0.3) is 0 Å².